The second kappa shape index (κ2) is 27.5. The molecule has 2 aromatic heterocycles. The number of unbranched alkanes of at least 4 members (excludes halogenated alkanes) is 15. The van der Waals surface area contributed by atoms with Crippen molar-refractivity contribution in [1.82, 2.24) is 0 Å². The predicted molar refractivity (Wildman–Crippen MR) is 359 cm³/mol. The minimum atomic E-state index is -1.19. The molecule has 2 heterocycles. The highest BCUT2D eigenvalue weighted by Gasteiger charge is 2.47. The first kappa shape index (κ1) is 64.0. The van der Waals surface area contributed by atoms with Gasteiger partial charge in [-0.15, -0.1) is 22.7 Å². The number of rotatable bonds is 25. The van der Waals surface area contributed by atoms with Gasteiger partial charge < -0.3 is 0 Å². The maximum Gasteiger partial charge on any atom is 0.194 e. The van der Waals surface area contributed by atoms with Gasteiger partial charge in [0, 0.05) is 54.0 Å². The summed E-state index contributed by atoms with van der Waals surface area (Å²) in [5, 5.41) is 44.1. The van der Waals surface area contributed by atoms with Crippen molar-refractivity contribution in [3.63, 3.8) is 0 Å². The van der Waals surface area contributed by atoms with Crippen LogP contribution in [0.2, 0.25) is 0 Å². The summed E-state index contributed by atoms with van der Waals surface area (Å²) in [4.78, 5) is 29.2. The highest BCUT2D eigenvalue weighted by molar-refractivity contribution is 7.11. The Morgan fingerprint density at radius 2 is 0.758 bits per heavy atom. The largest absolute Gasteiger partial charge is 0.289 e. The average molecular weight is 1250 g/mol. The molecule has 0 N–H and O–H groups in total. The molecule has 0 aliphatic heterocycles. The summed E-state index contributed by atoms with van der Waals surface area (Å²) in [7, 11) is 0. The molecular formula is C79H72F4N4O2S2. The zero-order valence-corrected chi connectivity index (χ0v) is 53.8. The first-order valence-corrected chi connectivity index (χ1v) is 34.2. The van der Waals surface area contributed by atoms with Gasteiger partial charge in [0.1, 0.15) is 35.4 Å². The van der Waals surface area contributed by atoms with Crippen LogP contribution in [0.3, 0.4) is 0 Å². The van der Waals surface area contributed by atoms with E-state index in [0.717, 1.165) is 104 Å². The zero-order valence-electron chi connectivity index (χ0n) is 52.2. The number of hydrogen-bond acceptors (Lipinski definition) is 8. The van der Waals surface area contributed by atoms with Crippen molar-refractivity contribution in [2.24, 2.45) is 0 Å². The van der Waals surface area contributed by atoms with E-state index in [1.165, 1.54) is 144 Å². The average Bonchev–Trinajstić information content (AvgIpc) is 1.54. The third-order valence-corrected chi connectivity index (χ3v) is 21.3. The van der Waals surface area contributed by atoms with Gasteiger partial charge in [0.25, 0.3) is 0 Å². The molecule has 7 aromatic rings. The van der Waals surface area contributed by atoms with E-state index in [1.54, 1.807) is 12.2 Å². The Bertz CT molecular complexity index is 4340. The van der Waals surface area contributed by atoms with Crippen LogP contribution in [-0.2, 0) is 10.8 Å². The lowest BCUT2D eigenvalue weighted by atomic mass is 9.69. The monoisotopic (exact) mass is 1250 g/mol. The molecule has 0 fully saturated rings. The number of carbonyl (C=O) groups is 2. The molecule has 0 saturated carbocycles. The van der Waals surface area contributed by atoms with E-state index >= 15 is 0 Å². The highest BCUT2D eigenvalue weighted by Crippen LogP contribution is 2.61. The van der Waals surface area contributed by atoms with E-state index in [1.807, 2.05) is 41.8 Å². The Morgan fingerprint density at radius 3 is 1.20 bits per heavy atom. The number of fused-ring (bicyclic) bond motifs is 8. The van der Waals surface area contributed by atoms with Crippen LogP contribution in [0.25, 0.3) is 67.8 Å². The number of thiophene rings is 2. The van der Waals surface area contributed by atoms with Crippen LogP contribution < -0.4 is 0 Å². The molecule has 1 atom stereocenters. The fraction of sp³-hybridized carbons (Fsp3) is 0.342. The molecule has 460 valence electrons. The summed E-state index contributed by atoms with van der Waals surface area (Å²) in [5.74, 6) is -5.87. The number of benzene rings is 5. The van der Waals surface area contributed by atoms with Crippen molar-refractivity contribution < 1.29 is 27.2 Å². The summed E-state index contributed by atoms with van der Waals surface area (Å²) in [5.41, 5.74) is 12.8. The van der Waals surface area contributed by atoms with E-state index in [9.17, 15) is 48.2 Å². The van der Waals surface area contributed by atoms with Crippen molar-refractivity contribution >= 4 is 57.5 Å². The van der Waals surface area contributed by atoms with Crippen LogP contribution in [0.5, 0.6) is 0 Å². The smallest absolute Gasteiger partial charge is 0.194 e. The molecule has 12 heteroatoms. The van der Waals surface area contributed by atoms with Crippen LogP contribution in [0, 0.1) is 68.6 Å². The van der Waals surface area contributed by atoms with Gasteiger partial charge in [0.05, 0.1) is 0 Å². The van der Waals surface area contributed by atoms with Crippen LogP contribution in [0.4, 0.5) is 17.6 Å². The Hall–Kier alpha value is -8.52. The molecule has 0 radical (unpaired) electrons. The van der Waals surface area contributed by atoms with E-state index in [0.29, 0.717) is 9.75 Å². The summed E-state index contributed by atoms with van der Waals surface area (Å²) in [6, 6.07) is 33.8. The Morgan fingerprint density at radius 1 is 0.407 bits per heavy atom. The summed E-state index contributed by atoms with van der Waals surface area (Å²) >= 11 is 2.83. The molecule has 0 spiro atoms. The minimum Gasteiger partial charge on any atom is -0.289 e. The Balaban J connectivity index is 1.01. The van der Waals surface area contributed by atoms with Crippen molar-refractivity contribution in [2.45, 2.75) is 173 Å². The van der Waals surface area contributed by atoms with Gasteiger partial charge in [-0.25, -0.2) is 17.6 Å². The summed E-state index contributed by atoms with van der Waals surface area (Å²) in [6.45, 7) is 9.17. The number of carbonyl (C=O) groups excluding carboxylic acids is 2. The van der Waals surface area contributed by atoms with E-state index in [2.05, 4.69) is 81.6 Å². The number of halogens is 4. The molecule has 0 bridgehead atoms. The lowest BCUT2D eigenvalue weighted by molar-refractivity contribution is 0.103. The Labute approximate surface area is 540 Å². The van der Waals surface area contributed by atoms with Crippen molar-refractivity contribution in [2.75, 3.05) is 0 Å². The topological polar surface area (TPSA) is 129 Å². The quantitative estimate of drug-likeness (QED) is 0.0243. The minimum absolute atomic E-state index is 0.00145. The molecule has 6 nitrogen and oxygen atoms in total. The molecule has 0 saturated heterocycles. The van der Waals surface area contributed by atoms with Gasteiger partial charge in [-0.2, -0.15) is 21.0 Å². The van der Waals surface area contributed by atoms with Crippen LogP contribution in [0.1, 0.15) is 226 Å². The number of nitrogens with zero attached hydrogens (tertiary/aromatic N) is 4. The molecule has 11 rings (SSSR count). The number of ketones is 2. The first-order chi connectivity index (χ1) is 44.2. The molecule has 4 aliphatic rings. The van der Waals surface area contributed by atoms with Gasteiger partial charge in [0.15, 0.2) is 34.8 Å². The zero-order chi connectivity index (χ0) is 64.1. The SMILES string of the molecule is CCCCCCCCC1(C)c2cc(-c3csc(/C=C4\C(=O)c5cc(F)c(F)cc5C4=C(C#N)C#N)c3)ccc2-c2cc3c(cc21)-c1ccc(-c2csc(/C=C4\C(=O)c5cc(F)c(F)cc5C4=C(C#N)C#N)c2)cc1C3(CCCCCCCC)CCCCCCCC. The number of hydrogen-bond donors (Lipinski definition) is 0. The molecular weight excluding hydrogens is 1180 g/mol. The lowest BCUT2D eigenvalue weighted by Crippen LogP contribution is -2.26. The number of Topliss-reactive ketones (excluding diaryl/α,β-unsaturated/α-hetero) is 2. The standard InChI is InChI=1S/C79H72F4N4O2S2/c1-5-8-11-14-17-20-27-78(4)66-32-48(50-30-54(90-46-50)34-64-74(52(42-84)43-85)60-38-70(80)72(82)40-62(60)76(64)88)23-25-56(66)58-37-69-59(36-67(58)78)57-26-24-49(33-68(57)79(69,28-21-18-15-12-9-6-2)29-22-19-16-13-10-7-3)51-31-55(91-47-51)35-65-75(53(44-86)45-87)61-39-71(81)73(83)41-63(61)77(65)89/h23-26,30-41,46-47H,5-22,27-29H2,1-4H3/b64-34-,65-35-. The van der Waals surface area contributed by atoms with Crippen molar-refractivity contribution in [3.05, 3.63) is 196 Å². The third-order valence-electron chi connectivity index (χ3n) is 19.5. The van der Waals surface area contributed by atoms with Crippen molar-refractivity contribution in [1.29, 1.82) is 21.0 Å². The van der Waals surface area contributed by atoms with Crippen molar-refractivity contribution in [3.8, 4) is 68.8 Å². The fourth-order valence-electron chi connectivity index (χ4n) is 14.8. The number of nitriles is 4. The third kappa shape index (κ3) is 12.1. The van der Waals surface area contributed by atoms with Gasteiger partial charge >= 0.3 is 0 Å². The van der Waals surface area contributed by atoms with Crippen LogP contribution >= 0.6 is 22.7 Å². The first-order valence-electron chi connectivity index (χ1n) is 32.4. The van der Waals surface area contributed by atoms with Gasteiger partial charge in [0.2, 0.25) is 0 Å². The maximum atomic E-state index is 14.7. The molecule has 1 unspecified atom stereocenters. The highest BCUT2D eigenvalue weighted by atomic mass is 32.1. The van der Waals surface area contributed by atoms with Crippen LogP contribution in [0.15, 0.2) is 118 Å². The second-order valence-corrected chi connectivity index (χ2v) is 27.1. The molecule has 5 aromatic carbocycles. The lowest BCUT2D eigenvalue weighted by Gasteiger charge is -2.34. The normalized spacial score (nSPS) is 16.3. The number of allylic oxidation sites excluding steroid dienone is 6. The van der Waals surface area contributed by atoms with Gasteiger partial charge in [-0.3, -0.25) is 9.59 Å². The molecule has 91 heavy (non-hydrogen) atoms. The summed E-state index contributed by atoms with van der Waals surface area (Å²) < 4.78 is 58.5. The van der Waals surface area contributed by atoms with Gasteiger partial charge in [-0.1, -0.05) is 168 Å². The van der Waals surface area contributed by atoms with E-state index < -0.39 is 34.8 Å². The van der Waals surface area contributed by atoms with Gasteiger partial charge in [-0.05, 0) is 181 Å². The van der Waals surface area contributed by atoms with Crippen LogP contribution in [-0.4, -0.2) is 11.6 Å². The fourth-order valence-corrected chi connectivity index (χ4v) is 16.5. The molecule has 0 amide bonds. The second-order valence-electron chi connectivity index (χ2n) is 25.3. The van der Waals surface area contributed by atoms with E-state index in [-0.39, 0.29) is 66.5 Å². The maximum absolute atomic E-state index is 14.7. The van der Waals surface area contributed by atoms with E-state index in [4.69, 9.17) is 0 Å². The molecule has 4 aliphatic carbocycles. The Kier molecular flexibility index (Phi) is 19.4. The predicted octanol–water partition coefficient (Wildman–Crippen LogP) is 22.7. The summed E-state index contributed by atoms with van der Waals surface area (Å²) in [6.07, 6.45) is 27.1.